The average molecular weight is 491 g/mol. The number of carbonyl (C=O) groups is 1. The van der Waals surface area contributed by atoms with Crippen LogP contribution in [0.15, 0.2) is 42.7 Å². The van der Waals surface area contributed by atoms with Gasteiger partial charge in [0.15, 0.2) is 0 Å². The van der Waals surface area contributed by atoms with Gasteiger partial charge in [-0.25, -0.2) is 9.97 Å². The van der Waals surface area contributed by atoms with Crippen molar-refractivity contribution in [1.82, 2.24) is 29.5 Å². The van der Waals surface area contributed by atoms with Crippen LogP contribution in [0.25, 0.3) is 0 Å². The van der Waals surface area contributed by atoms with E-state index < -0.39 is 0 Å². The van der Waals surface area contributed by atoms with E-state index in [4.69, 9.17) is 0 Å². The Balaban J connectivity index is 1.47. The normalized spacial score (nSPS) is 17.1. The fraction of sp³-hybridized carbons (Fsp3) is 0.481. The molecule has 1 aromatic carbocycles. The third kappa shape index (κ3) is 6.67. The van der Waals surface area contributed by atoms with Crippen molar-refractivity contribution in [3.8, 4) is 0 Å². The van der Waals surface area contributed by atoms with Gasteiger partial charge in [0, 0.05) is 65.6 Å². The Hall–Kier alpha value is -3.30. The second-order valence-electron chi connectivity index (χ2n) is 10.0. The molecule has 1 aliphatic heterocycles. The molecule has 0 radical (unpaired) electrons. The van der Waals surface area contributed by atoms with Gasteiger partial charge in [0.25, 0.3) is 0 Å². The lowest BCUT2D eigenvalue weighted by Gasteiger charge is -2.24. The Morgan fingerprint density at radius 2 is 1.81 bits per heavy atom. The molecule has 3 heterocycles. The van der Waals surface area contributed by atoms with E-state index >= 15 is 0 Å². The van der Waals surface area contributed by atoms with Crippen LogP contribution < -0.4 is 10.2 Å². The van der Waals surface area contributed by atoms with E-state index in [2.05, 4.69) is 66.6 Å². The maximum Gasteiger partial charge on any atom is 0.238 e. The molecule has 0 bridgehead atoms. The van der Waals surface area contributed by atoms with E-state index in [9.17, 15) is 4.79 Å². The van der Waals surface area contributed by atoms with Crippen LogP contribution >= 0.6 is 0 Å². The quantitative estimate of drug-likeness (QED) is 0.520. The first-order valence-electron chi connectivity index (χ1n) is 12.6. The third-order valence-corrected chi connectivity index (χ3v) is 6.82. The Morgan fingerprint density at radius 3 is 2.50 bits per heavy atom. The van der Waals surface area contributed by atoms with Crippen molar-refractivity contribution in [2.45, 2.75) is 26.8 Å². The molecular formula is C27H38N8O. The summed E-state index contributed by atoms with van der Waals surface area (Å²) in [6.07, 6.45) is 2.49. The van der Waals surface area contributed by atoms with Crippen LogP contribution in [-0.4, -0.2) is 82.3 Å². The van der Waals surface area contributed by atoms with Crippen molar-refractivity contribution in [1.29, 1.82) is 0 Å². The Labute approximate surface area is 214 Å². The van der Waals surface area contributed by atoms with Crippen LogP contribution in [0.5, 0.6) is 0 Å². The number of benzene rings is 1. The molecule has 1 atom stereocenters. The van der Waals surface area contributed by atoms with E-state index in [1.54, 1.807) is 11.0 Å². The topological polar surface area (TPSA) is 82.4 Å². The summed E-state index contributed by atoms with van der Waals surface area (Å²) >= 11 is 0. The summed E-state index contributed by atoms with van der Waals surface area (Å²) in [5.41, 5.74) is 4.96. The molecule has 9 heteroatoms. The minimum Gasteiger partial charge on any atom is -0.363 e. The lowest BCUT2D eigenvalue weighted by atomic mass is 10.0. The van der Waals surface area contributed by atoms with Gasteiger partial charge in [0.05, 0.1) is 23.6 Å². The van der Waals surface area contributed by atoms with E-state index in [1.165, 1.54) is 5.56 Å². The number of nitrogens with one attached hydrogen (secondary N) is 1. The highest BCUT2D eigenvalue weighted by molar-refractivity contribution is 5.93. The molecule has 1 fully saturated rings. The fourth-order valence-corrected chi connectivity index (χ4v) is 4.89. The molecule has 1 aliphatic rings. The van der Waals surface area contributed by atoms with Gasteiger partial charge in [-0.15, -0.1) is 0 Å². The van der Waals surface area contributed by atoms with Gasteiger partial charge in [-0.05, 0) is 31.7 Å². The smallest absolute Gasteiger partial charge is 0.238 e. The number of carbonyl (C=O) groups excluding carboxylic acids is 1. The molecule has 0 saturated carbocycles. The Bertz CT molecular complexity index is 1160. The van der Waals surface area contributed by atoms with Gasteiger partial charge >= 0.3 is 0 Å². The maximum atomic E-state index is 13.0. The van der Waals surface area contributed by atoms with Crippen LogP contribution in [0, 0.1) is 19.8 Å². The zero-order chi connectivity index (χ0) is 25.7. The summed E-state index contributed by atoms with van der Waals surface area (Å²) in [5, 5.41) is 7.52. The zero-order valence-electron chi connectivity index (χ0n) is 22.1. The maximum absolute atomic E-state index is 13.0. The lowest BCUT2D eigenvalue weighted by Crippen LogP contribution is -2.37. The SMILES string of the molecule is Cc1nn(C)c(C)c1NC(=O)CN1CCN(Cc2ccccc2)C[C@H](Cc2cc(N(C)C)ncn2)C1. The number of rotatable bonds is 8. The summed E-state index contributed by atoms with van der Waals surface area (Å²) in [5.74, 6) is 1.25. The van der Waals surface area contributed by atoms with Crippen LogP contribution in [0.4, 0.5) is 11.5 Å². The van der Waals surface area contributed by atoms with Crippen LogP contribution in [0.3, 0.4) is 0 Å². The van der Waals surface area contributed by atoms with Gasteiger partial charge in [-0.1, -0.05) is 30.3 Å². The number of aryl methyl sites for hydroxylation is 2. The largest absolute Gasteiger partial charge is 0.363 e. The van der Waals surface area contributed by atoms with Gasteiger partial charge in [-0.2, -0.15) is 5.10 Å². The van der Waals surface area contributed by atoms with Gasteiger partial charge in [0.1, 0.15) is 12.1 Å². The molecule has 4 rings (SSSR count). The van der Waals surface area contributed by atoms with Gasteiger partial charge in [0.2, 0.25) is 5.91 Å². The summed E-state index contributed by atoms with van der Waals surface area (Å²) in [4.78, 5) is 28.7. The van der Waals surface area contributed by atoms with Gasteiger partial charge < -0.3 is 10.2 Å². The monoisotopic (exact) mass is 490 g/mol. The zero-order valence-corrected chi connectivity index (χ0v) is 22.1. The Morgan fingerprint density at radius 1 is 1.08 bits per heavy atom. The number of anilines is 2. The fourth-order valence-electron chi connectivity index (χ4n) is 4.89. The predicted molar refractivity (Wildman–Crippen MR) is 143 cm³/mol. The summed E-state index contributed by atoms with van der Waals surface area (Å²) in [7, 11) is 5.88. The first-order chi connectivity index (χ1) is 17.3. The first-order valence-corrected chi connectivity index (χ1v) is 12.6. The predicted octanol–water partition coefficient (Wildman–Crippen LogP) is 2.51. The van der Waals surface area contributed by atoms with Crippen molar-refractivity contribution >= 4 is 17.4 Å². The highest BCUT2D eigenvalue weighted by Crippen LogP contribution is 2.20. The standard InChI is InChI=1S/C27H38N8O/c1-20-27(21(2)33(5)31-20)30-26(36)18-35-12-11-34(15-22-9-7-6-8-10-22)16-23(17-35)13-24-14-25(32(3)4)29-19-28-24/h6-10,14,19,23H,11-13,15-18H2,1-5H3,(H,30,36)/t23-/m0/s1. The molecule has 192 valence electrons. The van der Waals surface area contributed by atoms with Crippen molar-refractivity contribution in [2.75, 3.05) is 57.0 Å². The molecule has 3 aromatic rings. The highest BCUT2D eigenvalue weighted by atomic mass is 16.2. The molecule has 1 N–H and O–H groups in total. The summed E-state index contributed by atoms with van der Waals surface area (Å²) in [6, 6.07) is 12.7. The minimum absolute atomic E-state index is 0.00129. The molecule has 1 saturated heterocycles. The van der Waals surface area contributed by atoms with Crippen molar-refractivity contribution in [3.63, 3.8) is 0 Å². The average Bonchev–Trinajstić information content (AvgIpc) is 2.98. The highest BCUT2D eigenvalue weighted by Gasteiger charge is 2.25. The number of nitrogens with zero attached hydrogens (tertiary/aromatic N) is 7. The van der Waals surface area contributed by atoms with E-state index in [0.717, 1.165) is 67.7 Å². The van der Waals surface area contributed by atoms with Crippen LogP contribution in [-0.2, 0) is 24.8 Å². The molecule has 0 aliphatic carbocycles. The minimum atomic E-state index is 0.00129. The molecule has 1 amide bonds. The molecule has 2 aromatic heterocycles. The van der Waals surface area contributed by atoms with E-state index in [1.807, 2.05) is 39.9 Å². The molecule has 0 spiro atoms. The number of hydrogen-bond acceptors (Lipinski definition) is 7. The summed E-state index contributed by atoms with van der Waals surface area (Å²) < 4.78 is 1.80. The first kappa shape index (κ1) is 25.8. The van der Waals surface area contributed by atoms with Crippen molar-refractivity contribution in [2.24, 2.45) is 13.0 Å². The second kappa shape index (κ2) is 11.6. The molecule has 0 unspecified atom stereocenters. The van der Waals surface area contributed by atoms with Gasteiger partial charge in [-0.3, -0.25) is 19.3 Å². The van der Waals surface area contributed by atoms with Crippen molar-refractivity contribution in [3.05, 3.63) is 65.4 Å². The number of aromatic nitrogens is 4. The van der Waals surface area contributed by atoms with Crippen LogP contribution in [0.2, 0.25) is 0 Å². The molecule has 36 heavy (non-hydrogen) atoms. The van der Waals surface area contributed by atoms with E-state index in [-0.39, 0.29) is 5.91 Å². The second-order valence-corrected chi connectivity index (χ2v) is 10.0. The van der Waals surface area contributed by atoms with Crippen molar-refractivity contribution < 1.29 is 4.79 Å². The van der Waals surface area contributed by atoms with Crippen LogP contribution in [0.1, 0.15) is 22.6 Å². The molecule has 9 nitrogen and oxygen atoms in total. The lowest BCUT2D eigenvalue weighted by molar-refractivity contribution is -0.117. The third-order valence-electron chi connectivity index (χ3n) is 6.82. The van der Waals surface area contributed by atoms with E-state index in [0.29, 0.717) is 12.5 Å². The summed E-state index contributed by atoms with van der Waals surface area (Å²) in [6.45, 7) is 8.71. The molecular weight excluding hydrogens is 452 g/mol. The number of hydrogen-bond donors (Lipinski definition) is 1. The Kier molecular flexibility index (Phi) is 8.32. The number of amides is 1.